The number of nitrogens with one attached hydrogen (secondary N) is 1. The second-order valence-corrected chi connectivity index (χ2v) is 4.76. The molecule has 0 atom stereocenters. The van der Waals surface area contributed by atoms with Crippen LogP contribution >= 0.6 is 23.2 Å². The molecule has 4 heteroatoms. The van der Waals surface area contributed by atoms with Crippen LogP contribution in [0.2, 0.25) is 5.02 Å². The van der Waals surface area contributed by atoms with E-state index < -0.39 is 0 Å². The summed E-state index contributed by atoms with van der Waals surface area (Å²) in [5.74, 6) is 0.809. The van der Waals surface area contributed by atoms with Crippen LogP contribution in [-0.2, 0) is 6.54 Å². The standard InChI is InChI=1S/C14H19Cl2NO/c1-3-7-17-9-12-13(16)5-4-6-14(12)18-10-11(2)8-15/h4-6,8,17H,3,7,9-10H2,1-2H3/b11-8+. The van der Waals surface area contributed by atoms with Crippen molar-refractivity contribution in [1.82, 2.24) is 5.32 Å². The SMILES string of the molecule is CCCNCc1c(Cl)cccc1OC/C(C)=C/Cl. The summed E-state index contributed by atoms with van der Waals surface area (Å²) in [5, 5.41) is 4.05. The number of rotatable bonds is 7. The molecule has 0 saturated carbocycles. The van der Waals surface area contributed by atoms with E-state index >= 15 is 0 Å². The minimum atomic E-state index is 0.477. The number of ether oxygens (including phenoxy) is 1. The predicted molar refractivity (Wildman–Crippen MR) is 78.6 cm³/mol. The van der Waals surface area contributed by atoms with Crippen molar-refractivity contribution in [3.8, 4) is 5.75 Å². The van der Waals surface area contributed by atoms with Gasteiger partial charge in [-0.1, -0.05) is 36.2 Å². The van der Waals surface area contributed by atoms with Gasteiger partial charge in [-0.2, -0.15) is 0 Å². The summed E-state index contributed by atoms with van der Waals surface area (Å²) in [6.45, 7) is 6.21. The smallest absolute Gasteiger partial charge is 0.125 e. The van der Waals surface area contributed by atoms with Crippen molar-refractivity contribution in [2.45, 2.75) is 26.8 Å². The Kier molecular flexibility index (Phi) is 7.18. The lowest BCUT2D eigenvalue weighted by atomic mass is 10.2. The van der Waals surface area contributed by atoms with Crippen LogP contribution in [0.25, 0.3) is 0 Å². The van der Waals surface area contributed by atoms with E-state index in [2.05, 4.69) is 12.2 Å². The van der Waals surface area contributed by atoms with Crippen LogP contribution in [-0.4, -0.2) is 13.2 Å². The molecular weight excluding hydrogens is 269 g/mol. The second-order valence-electron chi connectivity index (χ2n) is 4.14. The van der Waals surface area contributed by atoms with E-state index in [4.69, 9.17) is 27.9 Å². The quantitative estimate of drug-likeness (QED) is 0.753. The van der Waals surface area contributed by atoms with Crippen LogP contribution in [0.1, 0.15) is 25.8 Å². The van der Waals surface area contributed by atoms with Gasteiger partial charge in [0, 0.05) is 22.7 Å². The zero-order chi connectivity index (χ0) is 13.4. The van der Waals surface area contributed by atoms with Crippen LogP contribution < -0.4 is 10.1 Å². The van der Waals surface area contributed by atoms with Gasteiger partial charge < -0.3 is 10.1 Å². The molecule has 18 heavy (non-hydrogen) atoms. The highest BCUT2D eigenvalue weighted by Crippen LogP contribution is 2.26. The topological polar surface area (TPSA) is 21.3 Å². The molecule has 1 aromatic carbocycles. The Balaban J connectivity index is 2.73. The molecule has 0 unspecified atom stereocenters. The molecule has 0 amide bonds. The highest BCUT2D eigenvalue weighted by Gasteiger charge is 2.07. The Hall–Kier alpha value is -0.700. The first-order valence-electron chi connectivity index (χ1n) is 6.05. The van der Waals surface area contributed by atoms with Crippen molar-refractivity contribution in [3.05, 3.63) is 39.9 Å². The molecule has 0 bridgehead atoms. The van der Waals surface area contributed by atoms with E-state index in [1.165, 1.54) is 5.54 Å². The summed E-state index contributed by atoms with van der Waals surface area (Å²) in [6, 6.07) is 5.69. The van der Waals surface area contributed by atoms with Crippen molar-refractivity contribution < 1.29 is 4.74 Å². The molecule has 0 aliphatic heterocycles. The largest absolute Gasteiger partial charge is 0.489 e. The molecule has 100 valence electrons. The highest BCUT2D eigenvalue weighted by molar-refractivity contribution is 6.31. The Morgan fingerprint density at radius 3 is 2.89 bits per heavy atom. The van der Waals surface area contributed by atoms with Crippen molar-refractivity contribution in [3.63, 3.8) is 0 Å². The van der Waals surface area contributed by atoms with E-state index in [9.17, 15) is 0 Å². The third-order valence-corrected chi connectivity index (χ3v) is 3.17. The number of hydrogen-bond acceptors (Lipinski definition) is 2. The summed E-state index contributed by atoms with van der Waals surface area (Å²) in [7, 11) is 0. The lowest BCUT2D eigenvalue weighted by Gasteiger charge is -2.13. The maximum Gasteiger partial charge on any atom is 0.125 e. The van der Waals surface area contributed by atoms with E-state index in [1.54, 1.807) is 0 Å². The molecule has 2 nitrogen and oxygen atoms in total. The van der Waals surface area contributed by atoms with Crippen molar-refractivity contribution in [1.29, 1.82) is 0 Å². The summed E-state index contributed by atoms with van der Waals surface area (Å²) in [6.07, 6.45) is 1.09. The van der Waals surface area contributed by atoms with Crippen LogP contribution in [0.5, 0.6) is 5.75 Å². The zero-order valence-corrected chi connectivity index (χ0v) is 12.3. The average Bonchev–Trinajstić information content (AvgIpc) is 2.38. The van der Waals surface area contributed by atoms with Gasteiger partial charge in [0.15, 0.2) is 0 Å². The lowest BCUT2D eigenvalue weighted by Crippen LogP contribution is -2.15. The fraction of sp³-hybridized carbons (Fsp3) is 0.429. The Bertz CT molecular complexity index is 405. The van der Waals surface area contributed by atoms with Gasteiger partial charge in [-0.3, -0.25) is 0 Å². The lowest BCUT2D eigenvalue weighted by molar-refractivity contribution is 0.347. The minimum Gasteiger partial charge on any atom is -0.489 e. The van der Waals surface area contributed by atoms with Gasteiger partial charge >= 0.3 is 0 Å². The van der Waals surface area contributed by atoms with Crippen LogP contribution in [0, 0.1) is 0 Å². The maximum atomic E-state index is 6.20. The molecule has 0 aliphatic carbocycles. The maximum absolute atomic E-state index is 6.20. The van der Waals surface area contributed by atoms with Crippen molar-refractivity contribution in [2.24, 2.45) is 0 Å². The Morgan fingerprint density at radius 1 is 1.44 bits per heavy atom. The van der Waals surface area contributed by atoms with Gasteiger partial charge in [0.1, 0.15) is 12.4 Å². The second kappa shape index (κ2) is 8.41. The van der Waals surface area contributed by atoms with Gasteiger partial charge in [0.05, 0.1) is 0 Å². The zero-order valence-electron chi connectivity index (χ0n) is 10.8. The third-order valence-electron chi connectivity index (χ3n) is 2.45. The molecule has 0 radical (unpaired) electrons. The molecular formula is C14H19Cl2NO. The highest BCUT2D eigenvalue weighted by atomic mass is 35.5. The molecule has 0 saturated heterocycles. The van der Waals surface area contributed by atoms with Crippen LogP contribution in [0.4, 0.5) is 0 Å². The third kappa shape index (κ3) is 4.89. The molecule has 0 fully saturated rings. The number of benzene rings is 1. The van der Waals surface area contributed by atoms with E-state index in [0.717, 1.165) is 34.9 Å². The molecule has 0 aromatic heterocycles. The number of hydrogen-bond donors (Lipinski definition) is 1. The number of halogens is 2. The fourth-order valence-corrected chi connectivity index (χ4v) is 1.75. The fourth-order valence-electron chi connectivity index (χ4n) is 1.46. The monoisotopic (exact) mass is 287 g/mol. The van der Waals surface area contributed by atoms with Crippen molar-refractivity contribution >= 4 is 23.2 Å². The summed E-state index contributed by atoms with van der Waals surface area (Å²) < 4.78 is 5.72. The van der Waals surface area contributed by atoms with Gasteiger partial charge in [0.25, 0.3) is 0 Å². The van der Waals surface area contributed by atoms with Gasteiger partial charge in [-0.15, -0.1) is 0 Å². The first-order valence-corrected chi connectivity index (χ1v) is 6.87. The first-order chi connectivity index (χ1) is 8.69. The molecule has 1 aromatic rings. The van der Waals surface area contributed by atoms with Gasteiger partial charge in [-0.25, -0.2) is 0 Å². The summed E-state index contributed by atoms with van der Waals surface area (Å²) >= 11 is 11.8. The Labute approximate surface area is 119 Å². The molecule has 0 aliphatic rings. The molecule has 0 spiro atoms. The molecule has 1 N–H and O–H groups in total. The van der Waals surface area contributed by atoms with Gasteiger partial charge in [-0.05, 0) is 37.6 Å². The molecule has 1 rings (SSSR count). The summed E-state index contributed by atoms with van der Waals surface area (Å²) in [5.41, 5.74) is 3.50. The van der Waals surface area contributed by atoms with Crippen LogP contribution in [0.15, 0.2) is 29.3 Å². The minimum absolute atomic E-state index is 0.477. The Morgan fingerprint density at radius 2 is 2.22 bits per heavy atom. The van der Waals surface area contributed by atoms with E-state index in [1.807, 2.05) is 25.1 Å². The first kappa shape index (κ1) is 15.4. The van der Waals surface area contributed by atoms with E-state index in [-0.39, 0.29) is 0 Å². The average molecular weight is 288 g/mol. The van der Waals surface area contributed by atoms with E-state index in [0.29, 0.717) is 13.2 Å². The van der Waals surface area contributed by atoms with Crippen LogP contribution in [0.3, 0.4) is 0 Å². The normalized spacial score (nSPS) is 11.7. The van der Waals surface area contributed by atoms with Crippen molar-refractivity contribution in [2.75, 3.05) is 13.2 Å². The predicted octanol–water partition coefficient (Wildman–Crippen LogP) is 4.36. The summed E-state index contributed by atoms with van der Waals surface area (Å²) in [4.78, 5) is 0. The molecule has 0 heterocycles. The van der Waals surface area contributed by atoms with Gasteiger partial charge in [0.2, 0.25) is 0 Å².